The van der Waals surface area contributed by atoms with Crippen molar-refractivity contribution in [2.24, 2.45) is 0 Å². The van der Waals surface area contributed by atoms with E-state index >= 15 is 0 Å². The second-order valence-electron chi connectivity index (χ2n) is 3.58. The predicted octanol–water partition coefficient (Wildman–Crippen LogP) is 2.92. The number of hydrogen-bond donors (Lipinski definition) is 1. The number of H-pyrrole nitrogens is 1. The molecule has 0 aliphatic rings. The molecule has 1 aromatic heterocycles. The van der Waals surface area contributed by atoms with Crippen LogP contribution in [0.3, 0.4) is 0 Å². The lowest BCUT2D eigenvalue weighted by molar-refractivity contribution is 0.413. The molecular weight excluding hydrogens is 238 g/mol. The van der Waals surface area contributed by atoms with Gasteiger partial charge in [0.1, 0.15) is 11.8 Å². The van der Waals surface area contributed by atoms with Crippen LogP contribution in [0.5, 0.6) is 5.75 Å². The first kappa shape index (κ1) is 11.5. The average Bonchev–Trinajstić information content (AvgIpc) is 2.76. The lowest BCUT2D eigenvalue weighted by Crippen LogP contribution is -1.92. The second kappa shape index (κ2) is 4.48. The van der Waals surface area contributed by atoms with E-state index in [1.807, 2.05) is 19.1 Å². The zero-order valence-electron chi connectivity index (χ0n) is 9.41. The van der Waals surface area contributed by atoms with Crippen molar-refractivity contribution in [2.45, 2.75) is 6.92 Å². The molecule has 2 rings (SSSR count). The van der Waals surface area contributed by atoms with Crippen LogP contribution < -0.4 is 4.74 Å². The van der Waals surface area contributed by atoms with Crippen molar-refractivity contribution in [3.05, 3.63) is 34.5 Å². The van der Waals surface area contributed by atoms with E-state index in [-0.39, 0.29) is 0 Å². The minimum absolute atomic E-state index is 0.333. The Bertz CT molecular complexity index is 598. The zero-order chi connectivity index (χ0) is 12.4. The lowest BCUT2D eigenvalue weighted by atomic mass is 10.1. The quantitative estimate of drug-likeness (QED) is 0.888. The Hall–Kier alpha value is -1.99. The summed E-state index contributed by atoms with van der Waals surface area (Å²) in [6, 6.07) is 7.23. The molecule has 0 aliphatic carbocycles. The van der Waals surface area contributed by atoms with Crippen molar-refractivity contribution in [1.82, 2.24) is 10.2 Å². The summed E-state index contributed by atoms with van der Waals surface area (Å²) < 4.78 is 5.34. The highest BCUT2D eigenvalue weighted by atomic mass is 35.5. The number of benzene rings is 1. The van der Waals surface area contributed by atoms with Crippen LogP contribution in [-0.2, 0) is 0 Å². The molecule has 0 saturated heterocycles. The first-order valence-corrected chi connectivity index (χ1v) is 5.33. The molecule has 0 fully saturated rings. The number of aromatic nitrogens is 2. The third kappa shape index (κ3) is 2.10. The normalized spacial score (nSPS) is 10.0. The number of methoxy groups -OCH3 is 1. The predicted molar refractivity (Wildman–Crippen MR) is 65.0 cm³/mol. The van der Waals surface area contributed by atoms with Crippen LogP contribution >= 0.6 is 11.6 Å². The number of aryl methyl sites for hydroxylation is 1. The number of nitrogens with zero attached hydrogens (tertiary/aromatic N) is 2. The van der Waals surface area contributed by atoms with E-state index in [2.05, 4.69) is 10.2 Å². The first-order chi connectivity index (χ1) is 8.15. The highest BCUT2D eigenvalue weighted by Gasteiger charge is 2.12. The molecule has 5 heteroatoms. The summed E-state index contributed by atoms with van der Waals surface area (Å²) in [5.74, 6) is 0.725. The van der Waals surface area contributed by atoms with E-state index in [0.717, 1.165) is 16.9 Å². The van der Waals surface area contributed by atoms with Gasteiger partial charge in [-0.25, -0.2) is 0 Å². The summed E-state index contributed by atoms with van der Waals surface area (Å²) in [5.41, 5.74) is 2.78. The molecule has 1 aromatic carbocycles. The van der Waals surface area contributed by atoms with Crippen molar-refractivity contribution >= 4 is 11.6 Å². The number of hydrogen-bond acceptors (Lipinski definition) is 3. The van der Waals surface area contributed by atoms with Gasteiger partial charge in [-0.05, 0) is 24.6 Å². The van der Waals surface area contributed by atoms with Gasteiger partial charge in [-0.2, -0.15) is 10.4 Å². The molecule has 0 aliphatic heterocycles. The Labute approximate surface area is 104 Å². The van der Waals surface area contributed by atoms with Gasteiger partial charge in [-0.1, -0.05) is 11.6 Å². The number of rotatable bonds is 2. The molecular formula is C12H10ClN3O. The molecule has 0 saturated carbocycles. The van der Waals surface area contributed by atoms with Crippen LogP contribution in [0, 0.1) is 18.3 Å². The van der Waals surface area contributed by atoms with Crippen LogP contribution in [0.25, 0.3) is 11.3 Å². The highest BCUT2D eigenvalue weighted by molar-refractivity contribution is 6.31. The first-order valence-electron chi connectivity index (χ1n) is 4.95. The van der Waals surface area contributed by atoms with Crippen LogP contribution in [0.15, 0.2) is 18.2 Å². The molecule has 4 nitrogen and oxygen atoms in total. The monoisotopic (exact) mass is 247 g/mol. The Kier molecular flexibility index (Phi) is 3.03. The SMILES string of the molecule is COc1c(C)cc(Cl)cc1-c1cc(C#N)n[nH]1. The summed E-state index contributed by atoms with van der Waals surface area (Å²) in [4.78, 5) is 0. The van der Waals surface area contributed by atoms with Crippen molar-refractivity contribution in [3.8, 4) is 23.1 Å². The number of nitrogens with one attached hydrogen (secondary N) is 1. The molecule has 0 spiro atoms. The summed E-state index contributed by atoms with van der Waals surface area (Å²) in [6.45, 7) is 1.91. The van der Waals surface area contributed by atoms with Crippen LogP contribution in [0.4, 0.5) is 0 Å². The van der Waals surface area contributed by atoms with E-state index in [1.165, 1.54) is 0 Å². The number of aromatic amines is 1. The molecule has 1 heterocycles. The number of halogens is 1. The standard InChI is InChI=1S/C12H10ClN3O/c1-7-3-8(13)4-10(12(7)17-2)11-5-9(6-14)15-16-11/h3-5H,1-2H3,(H,15,16). The molecule has 0 unspecified atom stereocenters. The Morgan fingerprint density at radius 3 is 2.76 bits per heavy atom. The van der Waals surface area contributed by atoms with Crippen LogP contribution in [-0.4, -0.2) is 17.3 Å². The molecule has 1 N–H and O–H groups in total. The largest absolute Gasteiger partial charge is 0.496 e. The molecule has 2 aromatic rings. The Morgan fingerprint density at radius 2 is 2.18 bits per heavy atom. The summed E-state index contributed by atoms with van der Waals surface area (Å²) >= 11 is 6.01. The maximum absolute atomic E-state index is 8.74. The summed E-state index contributed by atoms with van der Waals surface area (Å²) in [6.07, 6.45) is 0. The van der Waals surface area contributed by atoms with E-state index in [1.54, 1.807) is 19.2 Å². The molecule has 0 radical (unpaired) electrons. The van der Waals surface area contributed by atoms with E-state index in [4.69, 9.17) is 21.6 Å². The van der Waals surface area contributed by atoms with Gasteiger partial charge in [0, 0.05) is 16.7 Å². The van der Waals surface area contributed by atoms with Gasteiger partial charge in [0.15, 0.2) is 5.69 Å². The van der Waals surface area contributed by atoms with Gasteiger partial charge in [0.25, 0.3) is 0 Å². The van der Waals surface area contributed by atoms with Gasteiger partial charge >= 0.3 is 0 Å². The second-order valence-corrected chi connectivity index (χ2v) is 4.02. The zero-order valence-corrected chi connectivity index (χ0v) is 10.2. The Morgan fingerprint density at radius 1 is 1.41 bits per heavy atom. The smallest absolute Gasteiger partial charge is 0.162 e. The highest BCUT2D eigenvalue weighted by Crippen LogP contribution is 2.34. The minimum Gasteiger partial charge on any atom is -0.496 e. The molecule has 17 heavy (non-hydrogen) atoms. The molecule has 0 amide bonds. The van der Waals surface area contributed by atoms with Crippen LogP contribution in [0.2, 0.25) is 5.02 Å². The molecule has 0 bridgehead atoms. The van der Waals surface area contributed by atoms with Crippen molar-refractivity contribution < 1.29 is 4.74 Å². The van der Waals surface area contributed by atoms with Crippen molar-refractivity contribution in [1.29, 1.82) is 5.26 Å². The van der Waals surface area contributed by atoms with Gasteiger partial charge in [0.2, 0.25) is 0 Å². The van der Waals surface area contributed by atoms with E-state index < -0.39 is 0 Å². The molecule has 86 valence electrons. The fourth-order valence-electron chi connectivity index (χ4n) is 1.72. The number of nitriles is 1. The van der Waals surface area contributed by atoms with Gasteiger partial charge in [-0.15, -0.1) is 0 Å². The number of ether oxygens (including phenoxy) is 1. The van der Waals surface area contributed by atoms with E-state index in [9.17, 15) is 0 Å². The van der Waals surface area contributed by atoms with E-state index in [0.29, 0.717) is 16.4 Å². The van der Waals surface area contributed by atoms with Crippen molar-refractivity contribution in [3.63, 3.8) is 0 Å². The maximum atomic E-state index is 8.74. The Balaban J connectivity index is 2.62. The third-order valence-corrected chi connectivity index (χ3v) is 2.64. The summed E-state index contributed by atoms with van der Waals surface area (Å²) in [7, 11) is 1.60. The van der Waals surface area contributed by atoms with Gasteiger partial charge < -0.3 is 4.74 Å². The average molecular weight is 248 g/mol. The van der Waals surface area contributed by atoms with Crippen molar-refractivity contribution in [2.75, 3.05) is 7.11 Å². The van der Waals surface area contributed by atoms with Gasteiger partial charge in [0.05, 0.1) is 12.8 Å². The van der Waals surface area contributed by atoms with Gasteiger partial charge in [-0.3, -0.25) is 5.10 Å². The summed E-state index contributed by atoms with van der Waals surface area (Å²) in [5, 5.41) is 16.0. The topological polar surface area (TPSA) is 61.7 Å². The fourth-order valence-corrected chi connectivity index (χ4v) is 1.99. The maximum Gasteiger partial charge on any atom is 0.162 e. The minimum atomic E-state index is 0.333. The molecule has 0 atom stereocenters. The lowest BCUT2D eigenvalue weighted by Gasteiger charge is -2.10. The fraction of sp³-hybridized carbons (Fsp3) is 0.167. The third-order valence-electron chi connectivity index (χ3n) is 2.43. The van der Waals surface area contributed by atoms with Crippen LogP contribution in [0.1, 0.15) is 11.3 Å².